The Morgan fingerprint density at radius 2 is 1.67 bits per heavy atom. The summed E-state index contributed by atoms with van der Waals surface area (Å²) in [5.41, 5.74) is 1.41. The van der Waals surface area contributed by atoms with E-state index < -0.39 is 16.2 Å². The Hall–Kier alpha value is -1.98. The molecule has 1 atom stereocenters. The van der Waals surface area contributed by atoms with E-state index in [0.29, 0.717) is 18.4 Å². The van der Waals surface area contributed by atoms with Gasteiger partial charge in [0.25, 0.3) is 10.1 Å². The van der Waals surface area contributed by atoms with Crippen LogP contribution in [0.4, 0.5) is 0 Å². The number of ketones is 1. The summed E-state index contributed by atoms with van der Waals surface area (Å²) in [4.78, 5) is 12.7. The lowest BCUT2D eigenvalue weighted by atomic mass is 10.0. The molecule has 0 amide bonds. The van der Waals surface area contributed by atoms with Crippen molar-refractivity contribution < 1.29 is 17.4 Å². The molecule has 0 aliphatic heterocycles. The van der Waals surface area contributed by atoms with Gasteiger partial charge in [-0.05, 0) is 25.5 Å². The molecule has 0 aliphatic rings. The molecule has 0 saturated heterocycles. The van der Waals surface area contributed by atoms with Crippen LogP contribution in [0.3, 0.4) is 0 Å². The maximum absolute atomic E-state index is 12.6. The Labute approximate surface area is 143 Å². The molecule has 0 unspecified atom stereocenters. The molecule has 0 fully saturated rings. The second kappa shape index (κ2) is 8.22. The second-order valence-corrected chi connectivity index (χ2v) is 7.30. The highest BCUT2D eigenvalue weighted by Crippen LogP contribution is 2.20. The van der Waals surface area contributed by atoms with E-state index in [4.69, 9.17) is 4.18 Å². The van der Waals surface area contributed by atoms with E-state index in [1.165, 1.54) is 12.1 Å². The average molecular weight is 346 g/mol. The van der Waals surface area contributed by atoms with Crippen LogP contribution < -0.4 is 0 Å². The maximum atomic E-state index is 12.6. The van der Waals surface area contributed by atoms with Crippen molar-refractivity contribution >= 4 is 15.9 Å². The third-order valence-electron chi connectivity index (χ3n) is 3.72. The van der Waals surface area contributed by atoms with Gasteiger partial charge in [-0.2, -0.15) is 8.42 Å². The number of carbonyl (C=O) groups is 1. The van der Waals surface area contributed by atoms with Crippen LogP contribution in [0.1, 0.15) is 42.1 Å². The van der Waals surface area contributed by atoms with Crippen LogP contribution in [0, 0.1) is 6.92 Å². The van der Waals surface area contributed by atoms with E-state index in [9.17, 15) is 13.2 Å². The average Bonchev–Trinajstić information content (AvgIpc) is 2.59. The van der Waals surface area contributed by atoms with Crippen molar-refractivity contribution in [1.29, 1.82) is 0 Å². The van der Waals surface area contributed by atoms with Crippen molar-refractivity contribution in [2.24, 2.45) is 0 Å². The van der Waals surface area contributed by atoms with E-state index in [1.807, 2.05) is 19.9 Å². The molecule has 24 heavy (non-hydrogen) atoms. The van der Waals surface area contributed by atoms with Gasteiger partial charge < -0.3 is 0 Å². The summed E-state index contributed by atoms with van der Waals surface area (Å²) in [6, 6.07) is 15.0. The maximum Gasteiger partial charge on any atom is 0.297 e. The molecular weight excluding hydrogens is 324 g/mol. The smallest absolute Gasteiger partial charge is 0.291 e. The number of Topliss-reactive ketones (excluding diaryl/α,β-unsaturated/α-hetero) is 1. The zero-order chi connectivity index (χ0) is 17.6. The number of carbonyl (C=O) groups excluding carboxylic acids is 1. The second-order valence-electron chi connectivity index (χ2n) is 5.72. The fraction of sp³-hybridized carbons (Fsp3) is 0.316. The molecule has 0 heterocycles. The van der Waals surface area contributed by atoms with Crippen LogP contribution in [0.2, 0.25) is 0 Å². The Morgan fingerprint density at radius 1 is 1.04 bits per heavy atom. The van der Waals surface area contributed by atoms with Gasteiger partial charge in [0.2, 0.25) is 0 Å². The number of hydrogen-bond acceptors (Lipinski definition) is 4. The van der Waals surface area contributed by atoms with Crippen molar-refractivity contribution in [1.82, 2.24) is 0 Å². The molecule has 2 rings (SSSR count). The van der Waals surface area contributed by atoms with E-state index in [1.54, 1.807) is 36.4 Å². The Balaban J connectivity index is 2.25. The van der Waals surface area contributed by atoms with Crippen LogP contribution >= 0.6 is 0 Å². The minimum Gasteiger partial charge on any atom is -0.291 e. The molecule has 2 aromatic rings. The van der Waals surface area contributed by atoms with Crippen molar-refractivity contribution in [3.05, 3.63) is 65.7 Å². The lowest BCUT2D eigenvalue weighted by Crippen LogP contribution is -2.27. The Morgan fingerprint density at radius 3 is 2.25 bits per heavy atom. The molecule has 0 saturated carbocycles. The van der Waals surface area contributed by atoms with Crippen molar-refractivity contribution in [3.63, 3.8) is 0 Å². The van der Waals surface area contributed by atoms with Gasteiger partial charge in [-0.25, -0.2) is 0 Å². The number of hydrogen-bond donors (Lipinski definition) is 0. The molecule has 0 aliphatic carbocycles. The molecule has 0 spiro atoms. The third kappa shape index (κ3) is 4.76. The zero-order valence-electron chi connectivity index (χ0n) is 13.9. The minimum atomic E-state index is -3.98. The summed E-state index contributed by atoms with van der Waals surface area (Å²) in [6.07, 6.45) is 0.938. The van der Waals surface area contributed by atoms with Gasteiger partial charge in [-0.15, -0.1) is 0 Å². The topological polar surface area (TPSA) is 60.4 Å². The predicted octanol–water partition coefficient (Wildman–Crippen LogP) is 4.14. The van der Waals surface area contributed by atoms with Gasteiger partial charge in [0.05, 0.1) is 4.90 Å². The fourth-order valence-electron chi connectivity index (χ4n) is 2.31. The molecule has 0 bridgehead atoms. The Bertz CT molecular complexity index is 765. The highest BCUT2D eigenvalue weighted by atomic mass is 32.2. The molecule has 0 N–H and O–H groups in total. The fourth-order valence-corrected chi connectivity index (χ4v) is 3.38. The van der Waals surface area contributed by atoms with E-state index in [-0.39, 0.29) is 10.7 Å². The van der Waals surface area contributed by atoms with Crippen LogP contribution in [0.5, 0.6) is 0 Å². The van der Waals surface area contributed by atoms with Gasteiger partial charge in [-0.1, -0.05) is 67.8 Å². The van der Waals surface area contributed by atoms with Crippen LogP contribution in [0.15, 0.2) is 59.5 Å². The monoisotopic (exact) mass is 346 g/mol. The number of aryl methyl sites for hydroxylation is 1. The standard InChI is InChI=1S/C19H22O4S/c1-3-4-10-18(19(20)16-8-6-5-7-9-16)23-24(21,22)17-13-11-15(2)12-14-17/h5-9,11-14,18H,3-4,10H2,1-2H3/t18-/m1/s1. The summed E-state index contributed by atoms with van der Waals surface area (Å²) < 4.78 is 30.3. The van der Waals surface area contributed by atoms with Gasteiger partial charge in [0.15, 0.2) is 5.78 Å². The first kappa shape index (κ1) is 18.4. The van der Waals surface area contributed by atoms with Crippen molar-refractivity contribution in [3.8, 4) is 0 Å². The molecular formula is C19H22O4S. The largest absolute Gasteiger partial charge is 0.297 e. The van der Waals surface area contributed by atoms with Gasteiger partial charge in [0.1, 0.15) is 6.10 Å². The van der Waals surface area contributed by atoms with E-state index >= 15 is 0 Å². The molecule has 0 aromatic heterocycles. The zero-order valence-corrected chi connectivity index (χ0v) is 14.8. The van der Waals surface area contributed by atoms with E-state index in [0.717, 1.165) is 12.0 Å². The first-order chi connectivity index (χ1) is 11.4. The molecule has 5 heteroatoms. The highest BCUT2D eigenvalue weighted by molar-refractivity contribution is 7.86. The lowest BCUT2D eigenvalue weighted by molar-refractivity contribution is 0.0784. The predicted molar refractivity (Wildman–Crippen MR) is 93.5 cm³/mol. The van der Waals surface area contributed by atoms with Gasteiger partial charge >= 0.3 is 0 Å². The quantitative estimate of drug-likeness (QED) is 0.532. The number of unbranched alkanes of at least 4 members (excludes halogenated alkanes) is 1. The summed E-state index contributed by atoms with van der Waals surface area (Å²) >= 11 is 0. The van der Waals surface area contributed by atoms with Crippen LogP contribution in [-0.2, 0) is 14.3 Å². The normalized spacial score (nSPS) is 12.8. The summed E-state index contributed by atoms with van der Waals surface area (Å²) in [7, 11) is -3.98. The highest BCUT2D eigenvalue weighted by Gasteiger charge is 2.27. The third-order valence-corrected chi connectivity index (χ3v) is 5.06. The lowest BCUT2D eigenvalue weighted by Gasteiger charge is -2.16. The van der Waals surface area contributed by atoms with Gasteiger partial charge in [0, 0.05) is 5.56 Å². The van der Waals surface area contributed by atoms with Gasteiger partial charge in [-0.3, -0.25) is 8.98 Å². The first-order valence-electron chi connectivity index (χ1n) is 8.03. The van der Waals surface area contributed by atoms with Crippen molar-refractivity contribution in [2.75, 3.05) is 0 Å². The van der Waals surface area contributed by atoms with Crippen LogP contribution in [0.25, 0.3) is 0 Å². The minimum absolute atomic E-state index is 0.0652. The van der Waals surface area contributed by atoms with E-state index in [2.05, 4.69) is 0 Å². The molecule has 128 valence electrons. The summed E-state index contributed by atoms with van der Waals surface area (Å²) in [5.74, 6) is -0.306. The Kier molecular flexibility index (Phi) is 6.29. The number of benzene rings is 2. The molecule has 4 nitrogen and oxygen atoms in total. The summed E-state index contributed by atoms with van der Waals surface area (Å²) in [6.45, 7) is 3.86. The molecule has 2 aromatic carbocycles. The number of rotatable bonds is 8. The molecule has 0 radical (unpaired) electrons. The SMILES string of the molecule is CCCC[C@@H](OS(=O)(=O)c1ccc(C)cc1)C(=O)c1ccccc1. The summed E-state index contributed by atoms with van der Waals surface area (Å²) in [5, 5.41) is 0. The van der Waals surface area contributed by atoms with Crippen molar-refractivity contribution in [2.45, 2.75) is 44.1 Å². The van der Waals surface area contributed by atoms with Crippen LogP contribution in [-0.4, -0.2) is 20.3 Å². The first-order valence-corrected chi connectivity index (χ1v) is 9.44.